The standard InChI is InChI=1S/C20H28O7/c21-17(25-11-13-9-23-13)15-5-1-3-7-19(15,18(22)26-12-14-10-24-14)20-8-4-2-6-16(20)27-20/h13-16H,1-12H2. The van der Waals surface area contributed by atoms with Crippen LogP contribution in [-0.4, -0.2) is 62.3 Å². The van der Waals surface area contributed by atoms with Crippen molar-refractivity contribution >= 4 is 11.9 Å². The molecule has 3 saturated heterocycles. The molecule has 0 bridgehead atoms. The second-order valence-corrected chi connectivity index (χ2v) is 8.65. The number of fused-ring (bicyclic) bond motifs is 1. The maximum atomic E-state index is 13.5. The second kappa shape index (κ2) is 6.71. The van der Waals surface area contributed by atoms with Crippen LogP contribution in [0.2, 0.25) is 0 Å². The zero-order valence-corrected chi connectivity index (χ0v) is 15.7. The topological polar surface area (TPSA) is 90.2 Å². The van der Waals surface area contributed by atoms with E-state index in [9.17, 15) is 9.59 Å². The monoisotopic (exact) mass is 380 g/mol. The van der Waals surface area contributed by atoms with Crippen LogP contribution in [0.1, 0.15) is 51.4 Å². The number of ether oxygens (including phenoxy) is 5. The first-order valence-electron chi connectivity index (χ1n) is 10.4. The van der Waals surface area contributed by atoms with E-state index in [2.05, 4.69) is 0 Å². The van der Waals surface area contributed by atoms with E-state index in [-0.39, 0.29) is 43.5 Å². The zero-order valence-electron chi connectivity index (χ0n) is 15.7. The molecule has 7 heteroatoms. The Morgan fingerprint density at radius 1 is 0.889 bits per heavy atom. The van der Waals surface area contributed by atoms with Gasteiger partial charge in [0.15, 0.2) is 0 Å². The molecule has 6 unspecified atom stereocenters. The fourth-order valence-electron chi connectivity index (χ4n) is 5.38. The third-order valence-electron chi connectivity index (χ3n) is 7.01. The fourth-order valence-corrected chi connectivity index (χ4v) is 5.38. The van der Waals surface area contributed by atoms with Crippen molar-refractivity contribution in [3.05, 3.63) is 0 Å². The minimum Gasteiger partial charge on any atom is -0.463 e. The quantitative estimate of drug-likeness (QED) is 0.491. The highest BCUT2D eigenvalue weighted by Crippen LogP contribution is 2.65. The summed E-state index contributed by atoms with van der Waals surface area (Å²) in [5.74, 6) is -1.08. The molecule has 7 nitrogen and oxygen atoms in total. The van der Waals surface area contributed by atoms with E-state index in [1.54, 1.807) is 0 Å². The summed E-state index contributed by atoms with van der Waals surface area (Å²) < 4.78 is 27.8. The highest BCUT2D eigenvalue weighted by atomic mass is 16.6. The van der Waals surface area contributed by atoms with E-state index >= 15 is 0 Å². The van der Waals surface area contributed by atoms with Crippen LogP contribution in [0, 0.1) is 11.3 Å². The Bertz CT molecular complexity index is 613. The van der Waals surface area contributed by atoms with Crippen molar-refractivity contribution in [3.8, 4) is 0 Å². The lowest BCUT2D eigenvalue weighted by Crippen LogP contribution is -2.57. The minimum atomic E-state index is -0.924. The predicted octanol–water partition coefficient (Wildman–Crippen LogP) is 1.76. The van der Waals surface area contributed by atoms with Crippen LogP contribution < -0.4 is 0 Å². The largest absolute Gasteiger partial charge is 0.463 e. The van der Waals surface area contributed by atoms with Crippen LogP contribution in [0.25, 0.3) is 0 Å². The molecule has 5 aliphatic rings. The molecule has 5 fully saturated rings. The van der Waals surface area contributed by atoms with Gasteiger partial charge in [-0.1, -0.05) is 25.7 Å². The summed E-state index contributed by atoms with van der Waals surface area (Å²) in [5, 5.41) is 0. The van der Waals surface area contributed by atoms with Crippen molar-refractivity contribution in [2.75, 3.05) is 26.4 Å². The lowest BCUT2D eigenvalue weighted by molar-refractivity contribution is -0.181. The van der Waals surface area contributed by atoms with Crippen LogP contribution in [-0.2, 0) is 33.3 Å². The lowest BCUT2D eigenvalue weighted by atomic mass is 9.56. The number of esters is 2. The molecule has 0 aromatic carbocycles. The van der Waals surface area contributed by atoms with Crippen LogP contribution in [0.5, 0.6) is 0 Å². The maximum Gasteiger partial charge on any atom is 0.316 e. The molecule has 2 saturated carbocycles. The summed E-state index contributed by atoms with van der Waals surface area (Å²) in [5.41, 5.74) is -1.47. The first-order chi connectivity index (χ1) is 13.2. The van der Waals surface area contributed by atoms with Gasteiger partial charge in [0.25, 0.3) is 0 Å². The summed E-state index contributed by atoms with van der Waals surface area (Å²) in [6.07, 6.45) is 7.11. The van der Waals surface area contributed by atoms with E-state index in [4.69, 9.17) is 23.7 Å². The van der Waals surface area contributed by atoms with Crippen LogP contribution >= 0.6 is 0 Å². The first kappa shape index (κ1) is 17.9. The first-order valence-corrected chi connectivity index (χ1v) is 10.4. The molecular weight excluding hydrogens is 352 g/mol. The third kappa shape index (κ3) is 3.08. The molecule has 0 aromatic heterocycles. The van der Waals surface area contributed by atoms with Crippen molar-refractivity contribution in [1.82, 2.24) is 0 Å². The Balaban J connectivity index is 1.42. The van der Waals surface area contributed by atoms with E-state index < -0.39 is 16.9 Å². The van der Waals surface area contributed by atoms with Crippen LogP contribution in [0.4, 0.5) is 0 Å². The molecule has 6 atom stereocenters. The Labute approximate surface area is 159 Å². The summed E-state index contributed by atoms with van der Waals surface area (Å²) in [4.78, 5) is 26.5. The van der Waals surface area contributed by atoms with Gasteiger partial charge in [-0.25, -0.2) is 0 Å². The Morgan fingerprint density at radius 3 is 2.26 bits per heavy atom. The van der Waals surface area contributed by atoms with E-state index in [1.807, 2.05) is 0 Å². The SMILES string of the molecule is O=C(OCC1CO1)C1CCCCC1(C(=O)OCC1CO1)C12CCCCC1O2. The second-order valence-electron chi connectivity index (χ2n) is 8.65. The van der Waals surface area contributed by atoms with Gasteiger partial charge in [-0.2, -0.15) is 0 Å². The van der Waals surface area contributed by atoms with Crippen molar-refractivity contribution in [2.24, 2.45) is 11.3 Å². The van der Waals surface area contributed by atoms with Gasteiger partial charge < -0.3 is 23.7 Å². The van der Waals surface area contributed by atoms with Crippen LogP contribution in [0.15, 0.2) is 0 Å². The normalized spacial score (nSPS) is 44.7. The molecule has 0 amide bonds. The minimum absolute atomic E-state index is 0.00628. The van der Waals surface area contributed by atoms with Gasteiger partial charge in [-0.3, -0.25) is 9.59 Å². The van der Waals surface area contributed by atoms with Gasteiger partial charge in [-0.05, 0) is 25.7 Å². The predicted molar refractivity (Wildman–Crippen MR) is 91.9 cm³/mol. The number of carbonyl (C=O) groups is 2. The number of hydrogen-bond acceptors (Lipinski definition) is 7. The van der Waals surface area contributed by atoms with Crippen molar-refractivity contribution in [3.63, 3.8) is 0 Å². The number of carbonyl (C=O) groups excluding carboxylic acids is 2. The zero-order chi connectivity index (χ0) is 18.5. The Hall–Kier alpha value is -1.18. The van der Waals surface area contributed by atoms with Gasteiger partial charge >= 0.3 is 11.9 Å². The highest BCUT2D eigenvalue weighted by Gasteiger charge is 2.76. The third-order valence-corrected chi connectivity index (χ3v) is 7.01. The molecule has 3 aliphatic heterocycles. The fraction of sp³-hybridized carbons (Fsp3) is 0.900. The van der Waals surface area contributed by atoms with Gasteiger partial charge in [0.2, 0.25) is 0 Å². The van der Waals surface area contributed by atoms with Crippen molar-refractivity contribution in [2.45, 2.75) is 75.3 Å². The summed E-state index contributed by atoms with van der Waals surface area (Å²) in [6.45, 7) is 1.81. The van der Waals surface area contributed by atoms with Gasteiger partial charge in [0.05, 0.1) is 25.2 Å². The van der Waals surface area contributed by atoms with E-state index in [0.717, 1.165) is 38.5 Å². The summed E-state index contributed by atoms with van der Waals surface area (Å²) in [6, 6.07) is 0. The number of rotatable bonds is 7. The maximum absolute atomic E-state index is 13.5. The van der Waals surface area contributed by atoms with E-state index in [1.165, 1.54) is 0 Å². The molecule has 5 rings (SSSR count). The molecule has 0 radical (unpaired) electrons. The molecule has 0 aromatic rings. The Morgan fingerprint density at radius 2 is 1.56 bits per heavy atom. The summed E-state index contributed by atoms with van der Waals surface area (Å²) >= 11 is 0. The molecule has 27 heavy (non-hydrogen) atoms. The van der Waals surface area contributed by atoms with Gasteiger partial charge in [0, 0.05) is 0 Å². The van der Waals surface area contributed by atoms with Gasteiger partial charge in [0.1, 0.15) is 36.4 Å². The lowest BCUT2D eigenvalue weighted by Gasteiger charge is -2.45. The smallest absolute Gasteiger partial charge is 0.316 e. The van der Waals surface area contributed by atoms with E-state index in [0.29, 0.717) is 26.1 Å². The van der Waals surface area contributed by atoms with Crippen molar-refractivity contribution < 1.29 is 33.3 Å². The molecule has 0 spiro atoms. The number of hydrogen-bond donors (Lipinski definition) is 0. The average molecular weight is 380 g/mol. The summed E-state index contributed by atoms with van der Waals surface area (Å²) in [7, 11) is 0. The molecule has 0 N–H and O–H groups in total. The van der Waals surface area contributed by atoms with Crippen molar-refractivity contribution in [1.29, 1.82) is 0 Å². The highest BCUT2D eigenvalue weighted by molar-refractivity contribution is 5.88. The molecular formula is C20H28O7. The Kier molecular flexibility index (Phi) is 4.44. The molecule has 150 valence electrons. The molecule has 3 heterocycles. The molecule has 2 aliphatic carbocycles. The van der Waals surface area contributed by atoms with Gasteiger partial charge in [-0.15, -0.1) is 0 Å². The number of epoxide rings is 3. The average Bonchev–Trinajstić information content (AvgIpc) is 3.56. The van der Waals surface area contributed by atoms with Crippen LogP contribution in [0.3, 0.4) is 0 Å².